The van der Waals surface area contributed by atoms with E-state index in [0.29, 0.717) is 30.4 Å². The molecule has 2 amide bonds. The second-order valence-electron chi connectivity index (χ2n) is 5.31. The normalized spacial score (nSPS) is 14.1. The predicted octanol–water partition coefficient (Wildman–Crippen LogP) is 1.73. The van der Waals surface area contributed by atoms with Crippen LogP contribution in [-0.2, 0) is 9.59 Å². The lowest BCUT2D eigenvalue weighted by Crippen LogP contribution is -2.42. The third-order valence-electron chi connectivity index (χ3n) is 3.54. The van der Waals surface area contributed by atoms with E-state index in [1.165, 1.54) is 11.8 Å². The van der Waals surface area contributed by atoms with Crippen molar-refractivity contribution in [3.8, 4) is 11.5 Å². The topological polar surface area (TPSA) is 67.9 Å². The Bertz CT molecular complexity index is 559. The predicted molar refractivity (Wildman–Crippen MR) is 83.4 cm³/mol. The standard InChI is InChI=1S/C16H22N2O4/c1-4-11(2)17-16(20)10-18(12(3)19)13-5-6-14-15(9-13)22-8-7-21-14/h5-6,9,11H,4,7-8,10H2,1-3H3,(H,17,20). The van der Waals surface area contributed by atoms with Gasteiger partial charge in [0.1, 0.15) is 19.8 Å². The van der Waals surface area contributed by atoms with Gasteiger partial charge in [-0.3, -0.25) is 9.59 Å². The van der Waals surface area contributed by atoms with Crippen LogP contribution in [0.2, 0.25) is 0 Å². The van der Waals surface area contributed by atoms with E-state index in [0.717, 1.165) is 6.42 Å². The van der Waals surface area contributed by atoms with Gasteiger partial charge in [0.25, 0.3) is 0 Å². The summed E-state index contributed by atoms with van der Waals surface area (Å²) in [5, 5.41) is 2.86. The zero-order chi connectivity index (χ0) is 16.1. The Morgan fingerprint density at radius 3 is 2.59 bits per heavy atom. The maximum absolute atomic E-state index is 12.0. The zero-order valence-corrected chi connectivity index (χ0v) is 13.2. The summed E-state index contributed by atoms with van der Waals surface area (Å²) in [6.07, 6.45) is 0.843. The SMILES string of the molecule is CCC(C)NC(=O)CN(C(C)=O)c1ccc2c(c1)OCCO2. The van der Waals surface area contributed by atoms with Crippen LogP contribution in [0.25, 0.3) is 0 Å². The molecule has 22 heavy (non-hydrogen) atoms. The molecule has 1 aromatic carbocycles. The van der Waals surface area contributed by atoms with E-state index < -0.39 is 0 Å². The van der Waals surface area contributed by atoms with E-state index in [1.807, 2.05) is 13.8 Å². The highest BCUT2D eigenvalue weighted by atomic mass is 16.6. The molecular weight excluding hydrogens is 284 g/mol. The van der Waals surface area contributed by atoms with Crippen LogP contribution >= 0.6 is 0 Å². The molecule has 1 heterocycles. The monoisotopic (exact) mass is 306 g/mol. The lowest BCUT2D eigenvalue weighted by Gasteiger charge is -2.24. The smallest absolute Gasteiger partial charge is 0.240 e. The molecule has 1 atom stereocenters. The fourth-order valence-electron chi connectivity index (χ4n) is 2.15. The quantitative estimate of drug-likeness (QED) is 0.899. The van der Waals surface area contributed by atoms with Gasteiger partial charge >= 0.3 is 0 Å². The average Bonchev–Trinajstić information content (AvgIpc) is 2.51. The van der Waals surface area contributed by atoms with E-state index in [4.69, 9.17) is 9.47 Å². The van der Waals surface area contributed by atoms with Crippen molar-refractivity contribution in [2.45, 2.75) is 33.2 Å². The van der Waals surface area contributed by atoms with Crippen molar-refractivity contribution in [2.24, 2.45) is 0 Å². The Labute approximate surface area is 130 Å². The van der Waals surface area contributed by atoms with E-state index in [1.54, 1.807) is 18.2 Å². The molecule has 0 radical (unpaired) electrons. The van der Waals surface area contributed by atoms with Gasteiger partial charge < -0.3 is 19.7 Å². The fraction of sp³-hybridized carbons (Fsp3) is 0.500. The van der Waals surface area contributed by atoms with Gasteiger partial charge in [-0.1, -0.05) is 6.92 Å². The highest BCUT2D eigenvalue weighted by Gasteiger charge is 2.20. The largest absolute Gasteiger partial charge is 0.486 e. The van der Waals surface area contributed by atoms with E-state index in [9.17, 15) is 9.59 Å². The molecule has 0 bridgehead atoms. The van der Waals surface area contributed by atoms with Gasteiger partial charge in [-0.25, -0.2) is 0 Å². The minimum atomic E-state index is -0.198. The summed E-state index contributed by atoms with van der Waals surface area (Å²) in [6, 6.07) is 5.33. The summed E-state index contributed by atoms with van der Waals surface area (Å²) >= 11 is 0. The summed E-state index contributed by atoms with van der Waals surface area (Å²) in [5.41, 5.74) is 0.621. The lowest BCUT2D eigenvalue weighted by atomic mass is 10.2. The third kappa shape index (κ3) is 3.90. The van der Waals surface area contributed by atoms with Crippen molar-refractivity contribution >= 4 is 17.5 Å². The molecule has 0 aliphatic carbocycles. The van der Waals surface area contributed by atoms with Gasteiger partial charge in [0.2, 0.25) is 11.8 Å². The van der Waals surface area contributed by atoms with Gasteiger partial charge in [0.05, 0.1) is 0 Å². The van der Waals surface area contributed by atoms with Crippen molar-refractivity contribution in [3.05, 3.63) is 18.2 Å². The van der Waals surface area contributed by atoms with Crippen molar-refractivity contribution in [1.29, 1.82) is 0 Å². The Morgan fingerprint density at radius 2 is 1.95 bits per heavy atom. The van der Waals surface area contributed by atoms with E-state index in [2.05, 4.69) is 5.32 Å². The Kier molecular flexibility index (Phi) is 5.25. The number of amides is 2. The van der Waals surface area contributed by atoms with Gasteiger partial charge in [-0.15, -0.1) is 0 Å². The molecule has 0 fully saturated rings. The van der Waals surface area contributed by atoms with Crippen LogP contribution in [0, 0.1) is 0 Å². The Hall–Kier alpha value is -2.24. The first kappa shape index (κ1) is 16.1. The van der Waals surface area contributed by atoms with E-state index >= 15 is 0 Å². The van der Waals surface area contributed by atoms with Crippen molar-refractivity contribution in [1.82, 2.24) is 5.32 Å². The van der Waals surface area contributed by atoms with Gasteiger partial charge in [0, 0.05) is 24.7 Å². The van der Waals surface area contributed by atoms with Crippen LogP contribution in [-0.4, -0.2) is 37.6 Å². The number of fused-ring (bicyclic) bond motifs is 1. The second-order valence-corrected chi connectivity index (χ2v) is 5.31. The molecular formula is C16H22N2O4. The molecule has 0 aromatic heterocycles. The number of hydrogen-bond donors (Lipinski definition) is 1. The number of hydrogen-bond acceptors (Lipinski definition) is 4. The van der Waals surface area contributed by atoms with Crippen LogP contribution in [0.4, 0.5) is 5.69 Å². The van der Waals surface area contributed by atoms with Crippen molar-refractivity contribution in [2.75, 3.05) is 24.7 Å². The molecule has 120 valence electrons. The maximum atomic E-state index is 12.0. The van der Waals surface area contributed by atoms with Crippen LogP contribution in [0.1, 0.15) is 27.2 Å². The first-order valence-electron chi connectivity index (χ1n) is 7.48. The van der Waals surface area contributed by atoms with Crippen molar-refractivity contribution in [3.63, 3.8) is 0 Å². The second kappa shape index (κ2) is 7.15. The molecule has 1 aliphatic rings. The molecule has 6 heteroatoms. The highest BCUT2D eigenvalue weighted by molar-refractivity contribution is 5.97. The summed E-state index contributed by atoms with van der Waals surface area (Å²) in [6.45, 7) is 6.34. The molecule has 0 spiro atoms. The summed E-state index contributed by atoms with van der Waals surface area (Å²) in [7, 11) is 0. The van der Waals surface area contributed by atoms with Crippen LogP contribution in [0.15, 0.2) is 18.2 Å². The molecule has 1 N–H and O–H groups in total. The lowest BCUT2D eigenvalue weighted by molar-refractivity contribution is -0.123. The Balaban J connectivity index is 2.14. The molecule has 6 nitrogen and oxygen atoms in total. The number of nitrogens with one attached hydrogen (secondary N) is 1. The molecule has 2 rings (SSSR count). The average molecular weight is 306 g/mol. The number of rotatable bonds is 5. The number of carbonyl (C=O) groups excluding carboxylic acids is 2. The van der Waals surface area contributed by atoms with Gasteiger partial charge in [-0.05, 0) is 25.5 Å². The molecule has 1 unspecified atom stereocenters. The molecule has 0 saturated carbocycles. The first-order chi connectivity index (χ1) is 10.5. The van der Waals surface area contributed by atoms with Gasteiger partial charge in [-0.2, -0.15) is 0 Å². The summed E-state index contributed by atoms with van der Waals surface area (Å²) in [5.74, 6) is 0.871. The zero-order valence-electron chi connectivity index (χ0n) is 13.2. The van der Waals surface area contributed by atoms with Crippen LogP contribution in [0.3, 0.4) is 0 Å². The minimum Gasteiger partial charge on any atom is -0.486 e. The Morgan fingerprint density at radius 1 is 1.27 bits per heavy atom. The summed E-state index contributed by atoms with van der Waals surface area (Å²) < 4.78 is 11.0. The maximum Gasteiger partial charge on any atom is 0.240 e. The number of carbonyl (C=O) groups is 2. The van der Waals surface area contributed by atoms with Crippen LogP contribution in [0.5, 0.6) is 11.5 Å². The number of ether oxygens (including phenoxy) is 2. The highest BCUT2D eigenvalue weighted by Crippen LogP contribution is 2.34. The fourth-order valence-corrected chi connectivity index (χ4v) is 2.15. The molecule has 0 saturated heterocycles. The number of benzene rings is 1. The van der Waals surface area contributed by atoms with E-state index in [-0.39, 0.29) is 24.4 Å². The minimum absolute atomic E-state index is 0.0146. The first-order valence-corrected chi connectivity index (χ1v) is 7.48. The molecule has 1 aliphatic heterocycles. The summed E-state index contributed by atoms with van der Waals surface area (Å²) in [4.78, 5) is 25.3. The van der Waals surface area contributed by atoms with Crippen molar-refractivity contribution < 1.29 is 19.1 Å². The molecule has 1 aromatic rings. The van der Waals surface area contributed by atoms with Crippen LogP contribution < -0.4 is 19.7 Å². The number of nitrogens with zero attached hydrogens (tertiary/aromatic N) is 1. The van der Waals surface area contributed by atoms with Gasteiger partial charge in [0.15, 0.2) is 11.5 Å². The third-order valence-corrected chi connectivity index (χ3v) is 3.54. The number of anilines is 1.